The molecule has 19 heavy (non-hydrogen) atoms. The molecule has 2 N–H and O–H groups in total. The quantitative estimate of drug-likeness (QED) is 0.781. The van der Waals surface area contributed by atoms with Crippen molar-refractivity contribution < 1.29 is 4.79 Å². The predicted octanol–water partition coefficient (Wildman–Crippen LogP) is 0.476. The molecular weight excluding hydrogens is 240 g/mol. The zero-order valence-corrected chi connectivity index (χ0v) is 12.0. The molecule has 3 aliphatic heterocycles. The Labute approximate surface area is 115 Å². The van der Waals surface area contributed by atoms with E-state index in [0.717, 1.165) is 45.6 Å². The number of nitrogens with one attached hydrogen (secondary N) is 2. The highest BCUT2D eigenvalue weighted by Crippen LogP contribution is 2.28. The number of rotatable bonds is 3. The molecule has 3 rings (SSSR count). The number of amides is 2. The van der Waals surface area contributed by atoms with Crippen molar-refractivity contribution in [2.24, 2.45) is 5.41 Å². The minimum absolute atomic E-state index is 0.144. The van der Waals surface area contributed by atoms with Gasteiger partial charge in [0.15, 0.2) is 0 Å². The maximum atomic E-state index is 11.7. The van der Waals surface area contributed by atoms with E-state index in [0.29, 0.717) is 11.5 Å². The Morgan fingerprint density at radius 3 is 2.63 bits per heavy atom. The monoisotopic (exact) mass is 266 g/mol. The lowest BCUT2D eigenvalue weighted by Crippen LogP contribution is -2.48. The maximum absolute atomic E-state index is 11.7. The van der Waals surface area contributed by atoms with Crippen molar-refractivity contribution in [3.8, 4) is 0 Å². The average Bonchev–Trinajstić information content (AvgIpc) is 3.00. The fourth-order valence-corrected chi connectivity index (χ4v) is 3.77. The predicted molar refractivity (Wildman–Crippen MR) is 75.2 cm³/mol. The van der Waals surface area contributed by atoms with Crippen LogP contribution in [-0.4, -0.2) is 67.7 Å². The molecule has 5 heteroatoms. The second kappa shape index (κ2) is 5.29. The van der Waals surface area contributed by atoms with Crippen molar-refractivity contribution in [2.45, 2.75) is 32.2 Å². The number of piperidine rings is 1. The van der Waals surface area contributed by atoms with Crippen molar-refractivity contribution in [1.29, 1.82) is 0 Å². The Morgan fingerprint density at radius 1 is 1.26 bits per heavy atom. The molecule has 5 nitrogen and oxygen atoms in total. The Kier molecular flexibility index (Phi) is 3.67. The van der Waals surface area contributed by atoms with E-state index in [1.807, 2.05) is 4.90 Å². The Bertz CT molecular complexity index is 332. The molecule has 0 aromatic heterocycles. The average molecular weight is 266 g/mol. The van der Waals surface area contributed by atoms with E-state index in [1.165, 1.54) is 19.5 Å². The minimum Gasteiger partial charge on any atom is -0.336 e. The molecule has 3 heterocycles. The first-order chi connectivity index (χ1) is 9.16. The Morgan fingerprint density at radius 2 is 2.05 bits per heavy atom. The zero-order chi connectivity index (χ0) is 13.3. The molecule has 3 fully saturated rings. The number of carbonyl (C=O) groups excluding carboxylic acids is 1. The lowest BCUT2D eigenvalue weighted by molar-refractivity contribution is 0.106. The zero-order valence-electron chi connectivity index (χ0n) is 12.0. The standard InChI is InChI=1S/C14H26N4O/c1-14(4-5-15-10-14)11-17-7-2-12(3-8-17)18-9-6-16-13(18)19/h12,15H,2-11H2,1H3,(H,16,19). The highest BCUT2D eigenvalue weighted by Gasteiger charge is 2.34. The van der Waals surface area contributed by atoms with E-state index >= 15 is 0 Å². The van der Waals surface area contributed by atoms with Crippen molar-refractivity contribution in [2.75, 3.05) is 45.8 Å². The van der Waals surface area contributed by atoms with Gasteiger partial charge in [0.1, 0.15) is 0 Å². The third-order valence-electron chi connectivity index (χ3n) is 4.95. The third-order valence-corrected chi connectivity index (χ3v) is 4.95. The van der Waals surface area contributed by atoms with E-state index in [-0.39, 0.29) is 6.03 Å². The van der Waals surface area contributed by atoms with Gasteiger partial charge in [-0.2, -0.15) is 0 Å². The van der Waals surface area contributed by atoms with Gasteiger partial charge in [-0.1, -0.05) is 6.92 Å². The van der Waals surface area contributed by atoms with Crippen LogP contribution in [0.2, 0.25) is 0 Å². The summed E-state index contributed by atoms with van der Waals surface area (Å²) in [5.74, 6) is 0. The number of nitrogens with zero attached hydrogens (tertiary/aromatic N) is 2. The molecule has 0 aliphatic carbocycles. The second-order valence-corrected chi connectivity index (χ2v) is 6.67. The molecule has 0 spiro atoms. The van der Waals surface area contributed by atoms with Crippen LogP contribution in [0.4, 0.5) is 4.79 Å². The topological polar surface area (TPSA) is 47.6 Å². The van der Waals surface area contributed by atoms with E-state index in [1.54, 1.807) is 0 Å². The van der Waals surface area contributed by atoms with E-state index in [4.69, 9.17) is 0 Å². The highest BCUT2D eigenvalue weighted by molar-refractivity contribution is 5.76. The number of hydrogen-bond donors (Lipinski definition) is 2. The smallest absolute Gasteiger partial charge is 0.317 e. The summed E-state index contributed by atoms with van der Waals surface area (Å²) in [6, 6.07) is 0.610. The van der Waals surface area contributed by atoms with Crippen LogP contribution >= 0.6 is 0 Å². The molecule has 3 saturated heterocycles. The van der Waals surface area contributed by atoms with E-state index in [2.05, 4.69) is 22.5 Å². The lowest BCUT2D eigenvalue weighted by atomic mass is 9.88. The molecular formula is C14H26N4O. The molecule has 1 unspecified atom stereocenters. The first-order valence-corrected chi connectivity index (χ1v) is 7.64. The molecule has 0 aromatic carbocycles. The summed E-state index contributed by atoms with van der Waals surface area (Å²) in [5.41, 5.74) is 0.456. The Balaban J connectivity index is 1.48. The molecule has 1 atom stereocenters. The van der Waals surface area contributed by atoms with Gasteiger partial charge in [-0.25, -0.2) is 4.79 Å². The van der Waals surface area contributed by atoms with Gasteiger partial charge in [0.2, 0.25) is 0 Å². The maximum Gasteiger partial charge on any atom is 0.317 e. The van der Waals surface area contributed by atoms with Gasteiger partial charge >= 0.3 is 6.03 Å². The number of carbonyl (C=O) groups is 1. The van der Waals surface area contributed by atoms with Crippen LogP contribution < -0.4 is 10.6 Å². The lowest BCUT2D eigenvalue weighted by Gasteiger charge is -2.39. The molecule has 0 saturated carbocycles. The fourth-order valence-electron chi connectivity index (χ4n) is 3.77. The van der Waals surface area contributed by atoms with Crippen LogP contribution in [0.1, 0.15) is 26.2 Å². The van der Waals surface area contributed by atoms with Crippen LogP contribution in [0.3, 0.4) is 0 Å². The van der Waals surface area contributed by atoms with Gasteiger partial charge < -0.3 is 20.4 Å². The summed E-state index contributed by atoms with van der Waals surface area (Å²) in [5, 5.41) is 6.38. The summed E-state index contributed by atoms with van der Waals surface area (Å²) in [6.45, 7) is 9.93. The van der Waals surface area contributed by atoms with Gasteiger partial charge in [-0.15, -0.1) is 0 Å². The van der Waals surface area contributed by atoms with Crippen LogP contribution in [0.25, 0.3) is 0 Å². The Hall–Kier alpha value is -0.810. The fraction of sp³-hybridized carbons (Fsp3) is 0.929. The van der Waals surface area contributed by atoms with E-state index in [9.17, 15) is 4.79 Å². The normalized spacial score (nSPS) is 33.9. The second-order valence-electron chi connectivity index (χ2n) is 6.67. The molecule has 3 aliphatic rings. The largest absolute Gasteiger partial charge is 0.336 e. The SMILES string of the molecule is CC1(CN2CCC(N3CCNC3=O)CC2)CCNC1. The number of likely N-dealkylation sites (tertiary alicyclic amines) is 1. The minimum atomic E-state index is 0.144. The van der Waals surface area contributed by atoms with Crippen LogP contribution in [-0.2, 0) is 0 Å². The molecule has 108 valence electrons. The highest BCUT2D eigenvalue weighted by atomic mass is 16.2. The number of urea groups is 1. The molecule has 0 bridgehead atoms. The first kappa shape index (κ1) is 13.2. The van der Waals surface area contributed by atoms with Gasteiger partial charge in [0.05, 0.1) is 0 Å². The van der Waals surface area contributed by atoms with Crippen molar-refractivity contribution in [3.63, 3.8) is 0 Å². The van der Waals surface area contributed by atoms with Crippen LogP contribution in [0.15, 0.2) is 0 Å². The molecule has 2 amide bonds. The summed E-state index contributed by atoms with van der Waals surface area (Å²) >= 11 is 0. The van der Waals surface area contributed by atoms with Crippen molar-refractivity contribution in [3.05, 3.63) is 0 Å². The summed E-state index contributed by atoms with van der Waals surface area (Å²) in [7, 11) is 0. The van der Waals surface area contributed by atoms with Gasteiger partial charge in [0, 0.05) is 45.3 Å². The van der Waals surface area contributed by atoms with Crippen molar-refractivity contribution in [1.82, 2.24) is 20.4 Å². The number of hydrogen-bond acceptors (Lipinski definition) is 3. The van der Waals surface area contributed by atoms with Gasteiger partial charge in [-0.05, 0) is 31.2 Å². The molecule has 0 radical (unpaired) electrons. The molecule has 0 aromatic rings. The summed E-state index contributed by atoms with van der Waals surface area (Å²) in [6.07, 6.45) is 3.56. The third kappa shape index (κ3) is 2.87. The van der Waals surface area contributed by atoms with Gasteiger partial charge in [0.25, 0.3) is 0 Å². The summed E-state index contributed by atoms with van der Waals surface area (Å²) in [4.78, 5) is 16.3. The van der Waals surface area contributed by atoms with Crippen LogP contribution in [0.5, 0.6) is 0 Å². The van der Waals surface area contributed by atoms with Crippen molar-refractivity contribution >= 4 is 6.03 Å². The van der Waals surface area contributed by atoms with Crippen LogP contribution in [0, 0.1) is 5.41 Å². The van der Waals surface area contributed by atoms with E-state index < -0.39 is 0 Å². The summed E-state index contributed by atoms with van der Waals surface area (Å²) < 4.78 is 0. The van der Waals surface area contributed by atoms with Gasteiger partial charge in [-0.3, -0.25) is 0 Å². The first-order valence-electron chi connectivity index (χ1n) is 7.64.